The third-order valence-corrected chi connectivity index (χ3v) is 5.73. The van der Waals surface area contributed by atoms with E-state index in [1.54, 1.807) is 12.3 Å². The summed E-state index contributed by atoms with van der Waals surface area (Å²) in [5.41, 5.74) is 10.5. The number of hydrogen-bond donors (Lipinski definition) is 2. The van der Waals surface area contributed by atoms with E-state index in [1.807, 2.05) is 55.5 Å². The molecule has 2 aromatic carbocycles. The summed E-state index contributed by atoms with van der Waals surface area (Å²) >= 11 is 0. The first-order chi connectivity index (χ1) is 16.1. The fraction of sp³-hybridized carbons (Fsp3) is 0.308. The molecule has 33 heavy (non-hydrogen) atoms. The van der Waals surface area contributed by atoms with Crippen LogP contribution in [0.25, 0.3) is 11.3 Å². The van der Waals surface area contributed by atoms with E-state index in [-0.39, 0.29) is 5.91 Å². The Morgan fingerprint density at radius 1 is 1.06 bits per heavy atom. The van der Waals surface area contributed by atoms with E-state index in [0.717, 1.165) is 42.8 Å². The van der Waals surface area contributed by atoms with Crippen LogP contribution in [0.15, 0.2) is 65.9 Å². The number of nitrogens with one attached hydrogen (secondary N) is 1. The second-order valence-electron chi connectivity index (χ2n) is 8.29. The monoisotopic (exact) mass is 442 g/mol. The maximum absolute atomic E-state index is 12.7. The fourth-order valence-corrected chi connectivity index (χ4v) is 3.92. The third kappa shape index (κ3) is 5.94. The largest absolute Gasteiger partial charge is 0.382 e. The number of anilines is 1. The van der Waals surface area contributed by atoms with E-state index in [2.05, 4.69) is 15.3 Å². The van der Waals surface area contributed by atoms with Crippen LogP contribution in [0.5, 0.6) is 0 Å². The molecule has 3 aromatic rings. The number of nitrogens with two attached hydrogens (primary N) is 1. The zero-order chi connectivity index (χ0) is 23.0. The molecule has 0 radical (unpaired) electrons. The maximum Gasteiger partial charge on any atom is 0.251 e. The van der Waals surface area contributed by atoms with Crippen molar-refractivity contribution in [3.63, 3.8) is 0 Å². The Morgan fingerprint density at radius 3 is 2.58 bits per heavy atom. The normalized spacial score (nSPS) is 14.6. The Kier molecular flexibility index (Phi) is 7.29. The zero-order valence-corrected chi connectivity index (χ0v) is 19.0. The topological polar surface area (TPSA) is 96.5 Å². The molecular weight excluding hydrogens is 412 g/mol. The molecule has 0 bridgehead atoms. The quantitative estimate of drug-likeness (QED) is 0.556. The minimum atomic E-state index is -0.136. The van der Waals surface area contributed by atoms with Crippen molar-refractivity contribution in [1.82, 2.24) is 20.3 Å². The predicted molar refractivity (Wildman–Crippen MR) is 132 cm³/mol. The Bertz CT molecular complexity index is 1120. The lowest BCUT2D eigenvalue weighted by Gasteiger charge is -2.17. The van der Waals surface area contributed by atoms with E-state index >= 15 is 0 Å². The lowest BCUT2D eigenvalue weighted by Crippen LogP contribution is -2.22. The van der Waals surface area contributed by atoms with E-state index in [1.165, 1.54) is 12.8 Å². The van der Waals surface area contributed by atoms with Crippen LogP contribution in [-0.4, -0.2) is 39.7 Å². The first-order valence-corrected chi connectivity index (χ1v) is 11.5. The van der Waals surface area contributed by atoms with E-state index in [4.69, 9.17) is 15.8 Å². The van der Waals surface area contributed by atoms with Gasteiger partial charge >= 0.3 is 0 Å². The van der Waals surface area contributed by atoms with Crippen LogP contribution in [0, 0.1) is 0 Å². The number of rotatable bonds is 6. The molecule has 2 heterocycles. The van der Waals surface area contributed by atoms with Crippen molar-refractivity contribution >= 4 is 17.4 Å². The molecule has 0 spiro atoms. The molecule has 3 N–H and O–H groups in total. The molecule has 170 valence electrons. The average Bonchev–Trinajstić information content (AvgIpc) is 3.12. The van der Waals surface area contributed by atoms with E-state index < -0.39 is 0 Å². The Hall–Kier alpha value is -3.74. The van der Waals surface area contributed by atoms with Gasteiger partial charge in [-0.15, -0.1) is 0 Å². The van der Waals surface area contributed by atoms with Crippen LogP contribution in [0.2, 0.25) is 0 Å². The smallest absolute Gasteiger partial charge is 0.251 e. The van der Waals surface area contributed by atoms with Gasteiger partial charge in [0, 0.05) is 30.8 Å². The van der Waals surface area contributed by atoms with Gasteiger partial charge in [0.2, 0.25) is 0 Å². The van der Waals surface area contributed by atoms with Gasteiger partial charge in [-0.25, -0.2) is 9.97 Å². The Morgan fingerprint density at radius 2 is 1.82 bits per heavy atom. The number of hydrazone groups is 1. The summed E-state index contributed by atoms with van der Waals surface area (Å²) in [4.78, 5) is 21.8. The van der Waals surface area contributed by atoms with Crippen LogP contribution >= 0.6 is 0 Å². The summed E-state index contributed by atoms with van der Waals surface area (Å²) in [6.45, 7) is 4.29. The molecule has 0 saturated carbocycles. The number of nitrogens with zero attached hydrogens (tertiary/aromatic N) is 4. The predicted octanol–water partition coefficient (Wildman–Crippen LogP) is 4.26. The minimum absolute atomic E-state index is 0.136. The number of nitrogen functional groups attached to an aromatic ring is 1. The van der Waals surface area contributed by atoms with Gasteiger partial charge in [-0.1, -0.05) is 55.3 Å². The van der Waals surface area contributed by atoms with Crippen molar-refractivity contribution in [3.8, 4) is 11.3 Å². The number of carbonyl (C=O) groups excluding carboxylic acids is 1. The number of hydrogen-bond acceptors (Lipinski definition) is 6. The van der Waals surface area contributed by atoms with Gasteiger partial charge in [-0.05, 0) is 37.5 Å². The van der Waals surface area contributed by atoms with Crippen LogP contribution in [0.3, 0.4) is 0 Å². The van der Waals surface area contributed by atoms with Gasteiger partial charge in [0.15, 0.2) is 5.82 Å². The minimum Gasteiger partial charge on any atom is -0.382 e. The summed E-state index contributed by atoms with van der Waals surface area (Å²) in [7, 11) is 0. The highest BCUT2D eigenvalue weighted by molar-refractivity contribution is 6.01. The Balaban J connectivity index is 1.52. The number of carbonyl (C=O) groups is 1. The van der Waals surface area contributed by atoms with Gasteiger partial charge in [-0.3, -0.25) is 9.80 Å². The lowest BCUT2D eigenvalue weighted by molar-refractivity contribution is 0.0951. The highest BCUT2D eigenvalue weighted by Gasteiger charge is 2.14. The molecule has 1 saturated heterocycles. The molecule has 7 heteroatoms. The summed E-state index contributed by atoms with van der Waals surface area (Å²) in [5, 5.41) is 9.83. The van der Waals surface area contributed by atoms with Crippen molar-refractivity contribution in [1.29, 1.82) is 0 Å². The Labute approximate surface area is 194 Å². The molecular formula is C26H30N6O. The second kappa shape index (κ2) is 10.7. The third-order valence-electron chi connectivity index (χ3n) is 5.73. The molecule has 7 nitrogen and oxygen atoms in total. The van der Waals surface area contributed by atoms with Gasteiger partial charge in [-0.2, -0.15) is 5.10 Å². The highest BCUT2D eigenvalue weighted by Crippen LogP contribution is 2.21. The first kappa shape index (κ1) is 22.5. The standard InChI is InChI=1S/C26H30N6O/c1-19(31-32-14-7-2-3-8-15-32)24-25(27)28-18-23(30-24)21-12-9-13-22(16-21)26(33)29-17-20-10-5-4-6-11-20/h4-6,9-13,16,18H,2-3,7-8,14-15,17H2,1H3,(H2,27,28)(H,29,33). The molecule has 4 rings (SSSR count). The van der Waals surface area contributed by atoms with Gasteiger partial charge < -0.3 is 11.1 Å². The summed E-state index contributed by atoms with van der Waals surface area (Å²) in [6.07, 6.45) is 6.43. The molecule has 0 aliphatic carbocycles. The van der Waals surface area contributed by atoms with Crippen LogP contribution < -0.4 is 11.1 Å². The zero-order valence-electron chi connectivity index (χ0n) is 19.0. The second-order valence-corrected chi connectivity index (χ2v) is 8.29. The van der Waals surface area contributed by atoms with Crippen molar-refractivity contribution in [2.45, 2.75) is 39.2 Å². The average molecular weight is 443 g/mol. The number of amides is 1. The number of benzene rings is 2. The number of aromatic nitrogens is 2. The molecule has 1 aliphatic heterocycles. The lowest BCUT2D eigenvalue weighted by atomic mass is 10.1. The van der Waals surface area contributed by atoms with Gasteiger partial charge in [0.25, 0.3) is 5.91 Å². The van der Waals surface area contributed by atoms with Crippen molar-refractivity contribution in [2.24, 2.45) is 5.10 Å². The fourth-order valence-electron chi connectivity index (χ4n) is 3.92. The van der Waals surface area contributed by atoms with Crippen molar-refractivity contribution < 1.29 is 4.79 Å². The molecule has 0 unspecified atom stereocenters. The molecule has 1 fully saturated rings. The van der Waals surface area contributed by atoms with Gasteiger partial charge in [0.05, 0.1) is 17.6 Å². The highest BCUT2D eigenvalue weighted by atomic mass is 16.1. The maximum atomic E-state index is 12.7. The first-order valence-electron chi connectivity index (χ1n) is 11.5. The SMILES string of the molecule is CC(=NN1CCCCCC1)c1nc(-c2cccc(C(=O)NCc3ccccc3)c2)cnc1N. The molecule has 0 atom stereocenters. The van der Waals surface area contributed by atoms with Crippen LogP contribution in [0.4, 0.5) is 5.82 Å². The van der Waals surface area contributed by atoms with Crippen LogP contribution in [0.1, 0.15) is 54.2 Å². The van der Waals surface area contributed by atoms with E-state index in [9.17, 15) is 4.79 Å². The molecule has 1 amide bonds. The van der Waals surface area contributed by atoms with Crippen molar-refractivity contribution in [3.05, 3.63) is 77.6 Å². The summed E-state index contributed by atoms with van der Waals surface area (Å²) in [6, 6.07) is 17.2. The summed E-state index contributed by atoms with van der Waals surface area (Å²) < 4.78 is 0. The van der Waals surface area contributed by atoms with Gasteiger partial charge in [0.1, 0.15) is 5.69 Å². The van der Waals surface area contributed by atoms with E-state index in [0.29, 0.717) is 29.3 Å². The molecule has 1 aliphatic rings. The van der Waals surface area contributed by atoms with Crippen LogP contribution in [-0.2, 0) is 6.54 Å². The van der Waals surface area contributed by atoms with Crippen molar-refractivity contribution in [2.75, 3.05) is 18.8 Å². The summed E-state index contributed by atoms with van der Waals surface area (Å²) in [5.74, 6) is 0.217. The molecule has 1 aromatic heterocycles.